The van der Waals surface area contributed by atoms with Gasteiger partial charge >= 0.3 is 0 Å². The zero-order chi connectivity index (χ0) is 23.2. The van der Waals surface area contributed by atoms with Gasteiger partial charge in [0.1, 0.15) is 5.82 Å². The zero-order valence-electron chi connectivity index (χ0n) is 19.6. The van der Waals surface area contributed by atoms with Crippen molar-refractivity contribution in [1.29, 1.82) is 0 Å². The summed E-state index contributed by atoms with van der Waals surface area (Å²) < 4.78 is 0. The molecule has 2 aromatic carbocycles. The first-order valence-corrected chi connectivity index (χ1v) is 12.0. The molecule has 6 heteroatoms. The number of para-hydroxylation sites is 1. The number of hydrogen-bond acceptors (Lipinski definition) is 4. The minimum absolute atomic E-state index is 0.0214. The van der Waals surface area contributed by atoms with Crippen LogP contribution < -0.4 is 10.9 Å². The molecule has 1 aromatic heterocycles. The molecule has 1 fully saturated rings. The van der Waals surface area contributed by atoms with Crippen molar-refractivity contribution in [3.63, 3.8) is 0 Å². The van der Waals surface area contributed by atoms with Crippen molar-refractivity contribution in [2.45, 2.75) is 52.6 Å². The van der Waals surface area contributed by atoms with E-state index in [2.05, 4.69) is 52.2 Å². The predicted octanol–water partition coefficient (Wildman–Crippen LogP) is 4.04. The number of likely N-dealkylation sites (tertiary alicyclic amines) is 1. The van der Waals surface area contributed by atoms with Gasteiger partial charge in [-0.1, -0.05) is 50.2 Å². The molecule has 3 aromatic rings. The smallest absolute Gasteiger partial charge is 0.258 e. The van der Waals surface area contributed by atoms with Crippen molar-refractivity contribution in [3.05, 3.63) is 75.8 Å². The van der Waals surface area contributed by atoms with E-state index in [9.17, 15) is 9.59 Å². The molecule has 1 amide bonds. The summed E-state index contributed by atoms with van der Waals surface area (Å²) in [5, 5.41) is 3.66. The van der Waals surface area contributed by atoms with E-state index >= 15 is 0 Å². The van der Waals surface area contributed by atoms with Crippen LogP contribution in [0.25, 0.3) is 10.9 Å². The van der Waals surface area contributed by atoms with E-state index in [1.807, 2.05) is 24.3 Å². The molecule has 33 heavy (non-hydrogen) atoms. The Morgan fingerprint density at radius 3 is 2.55 bits per heavy atom. The maximum absolute atomic E-state index is 12.5. The topological polar surface area (TPSA) is 78.1 Å². The Bertz CT molecular complexity index is 1150. The quantitative estimate of drug-likeness (QED) is 0.547. The van der Waals surface area contributed by atoms with Crippen LogP contribution in [0.4, 0.5) is 0 Å². The summed E-state index contributed by atoms with van der Waals surface area (Å²) in [6.45, 7) is 8.41. The molecule has 1 aliphatic rings. The van der Waals surface area contributed by atoms with Gasteiger partial charge in [-0.3, -0.25) is 14.5 Å². The summed E-state index contributed by atoms with van der Waals surface area (Å²) in [5.41, 5.74) is 3.03. The van der Waals surface area contributed by atoms with Gasteiger partial charge in [-0.25, -0.2) is 4.98 Å². The molecular weight excluding hydrogens is 412 g/mol. The second-order valence-corrected chi connectivity index (χ2v) is 9.57. The number of piperidine rings is 1. The van der Waals surface area contributed by atoms with Gasteiger partial charge in [0.25, 0.3) is 5.56 Å². The minimum atomic E-state index is -0.130. The predicted molar refractivity (Wildman–Crippen MR) is 132 cm³/mol. The third-order valence-corrected chi connectivity index (χ3v) is 6.41. The van der Waals surface area contributed by atoms with E-state index in [0.29, 0.717) is 42.5 Å². The van der Waals surface area contributed by atoms with Crippen molar-refractivity contribution in [2.24, 2.45) is 11.8 Å². The van der Waals surface area contributed by atoms with Crippen molar-refractivity contribution in [3.8, 4) is 0 Å². The first kappa shape index (κ1) is 23.2. The summed E-state index contributed by atoms with van der Waals surface area (Å²) in [7, 11) is 0. The number of nitrogens with zero attached hydrogens (tertiary/aromatic N) is 2. The van der Waals surface area contributed by atoms with E-state index in [1.165, 1.54) is 17.5 Å². The fourth-order valence-corrected chi connectivity index (χ4v) is 5.00. The number of fused-ring (bicyclic) bond motifs is 1. The Morgan fingerprint density at radius 2 is 1.76 bits per heavy atom. The zero-order valence-corrected chi connectivity index (χ0v) is 19.6. The van der Waals surface area contributed by atoms with E-state index < -0.39 is 0 Å². The molecule has 1 aliphatic heterocycles. The number of hydrogen-bond donors (Lipinski definition) is 2. The average molecular weight is 447 g/mol. The average Bonchev–Trinajstić information content (AvgIpc) is 2.78. The van der Waals surface area contributed by atoms with E-state index in [-0.39, 0.29) is 11.5 Å². The van der Waals surface area contributed by atoms with Crippen LogP contribution in [0, 0.1) is 11.8 Å². The Balaban J connectivity index is 1.28. The number of amides is 1. The highest BCUT2D eigenvalue weighted by molar-refractivity contribution is 5.77. The number of H-pyrrole nitrogens is 1. The molecule has 4 rings (SSSR count). The summed E-state index contributed by atoms with van der Waals surface area (Å²) in [5.74, 6) is 2.11. The molecule has 0 aliphatic carbocycles. The van der Waals surface area contributed by atoms with E-state index in [0.717, 1.165) is 31.5 Å². The Kier molecular flexibility index (Phi) is 7.55. The van der Waals surface area contributed by atoms with Crippen molar-refractivity contribution in [1.82, 2.24) is 20.2 Å². The lowest BCUT2D eigenvalue weighted by Crippen LogP contribution is -2.38. The maximum atomic E-state index is 12.5. The van der Waals surface area contributed by atoms with Crippen LogP contribution in [0.5, 0.6) is 0 Å². The highest BCUT2D eigenvalue weighted by Gasteiger charge is 2.22. The van der Waals surface area contributed by atoms with Crippen LogP contribution in [0.15, 0.2) is 53.3 Å². The van der Waals surface area contributed by atoms with Gasteiger partial charge in [0.15, 0.2) is 0 Å². The van der Waals surface area contributed by atoms with E-state index in [1.54, 1.807) is 6.07 Å². The van der Waals surface area contributed by atoms with Crippen LogP contribution in [0.3, 0.4) is 0 Å². The highest BCUT2D eigenvalue weighted by Crippen LogP contribution is 2.23. The summed E-state index contributed by atoms with van der Waals surface area (Å²) in [4.78, 5) is 34.5. The number of carbonyl (C=O) groups excluding carboxylic acids is 1. The third-order valence-electron chi connectivity index (χ3n) is 6.41. The standard InChI is InChI=1S/C27H34N4O2/c1-19-14-20(2)17-31(16-19)18-22-9-4-3-8-21(22)15-28-26(32)13-7-12-25-29-24-11-6-5-10-23(24)27(33)30-25/h3-6,8-11,19-20H,7,12-18H2,1-2H3,(H,28,32)(H,29,30,33)/t19-,20+. The molecule has 0 bridgehead atoms. The number of aromatic nitrogens is 2. The van der Waals surface area contributed by atoms with Crippen LogP contribution in [-0.2, 0) is 24.3 Å². The summed E-state index contributed by atoms with van der Waals surface area (Å²) in [6.07, 6.45) is 2.91. The molecular formula is C27H34N4O2. The molecule has 2 atom stereocenters. The first-order valence-electron chi connectivity index (χ1n) is 12.0. The number of aromatic amines is 1. The molecule has 0 saturated carbocycles. The fraction of sp³-hybridized carbons (Fsp3) is 0.444. The second-order valence-electron chi connectivity index (χ2n) is 9.57. The summed E-state index contributed by atoms with van der Waals surface area (Å²) in [6, 6.07) is 15.7. The molecule has 174 valence electrons. The Morgan fingerprint density at radius 1 is 1.06 bits per heavy atom. The highest BCUT2D eigenvalue weighted by atomic mass is 16.1. The maximum Gasteiger partial charge on any atom is 0.258 e. The number of nitrogens with one attached hydrogen (secondary N) is 2. The molecule has 0 radical (unpaired) electrons. The molecule has 2 heterocycles. The largest absolute Gasteiger partial charge is 0.352 e. The lowest BCUT2D eigenvalue weighted by Gasteiger charge is -2.35. The molecule has 0 unspecified atom stereocenters. The second kappa shape index (κ2) is 10.8. The van der Waals surface area contributed by atoms with Crippen LogP contribution in [-0.4, -0.2) is 33.9 Å². The van der Waals surface area contributed by atoms with Gasteiger partial charge in [0, 0.05) is 39.0 Å². The SMILES string of the molecule is C[C@@H]1C[C@H](C)CN(Cc2ccccc2CNC(=O)CCCc2nc3ccccc3c(=O)[nH]2)C1. The number of carbonyl (C=O) groups is 1. The molecule has 2 N–H and O–H groups in total. The summed E-state index contributed by atoms with van der Waals surface area (Å²) >= 11 is 0. The number of rotatable bonds is 8. The van der Waals surface area contributed by atoms with Gasteiger partial charge in [0.05, 0.1) is 10.9 Å². The number of benzene rings is 2. The first-order chi connectivity index (χ1) is 16.0. The Hall–Kier alpha value is -2.99. The third kappa shape index (κ3) is 6.29. The van der Waals surface area contributed by atoms with Crippen molar-refractivity contribution >= 4 is 16.8 Å². The van der Waals surface area contributed by atoms with E-state index in [4.69, 9.17) is 0 Å². The van der Waals surface area contributed by atoms with Crippen LogP contribution in [0.1, 0.15) is 50.1 Å². The normalized spacial score (nSPS) is 19.0. The van der Waals surface area contributed by atoms with Crippen LogP contribution in [0.2, 0.25) is 0 Å². The molecule has 1 saturated heterocycles. The van der Waals surface area contributed by atoms with Gasteiger partial charge in [-0.15, -0.1) is 0 Å². The monoisotopic (exact) mass is 446 g/mol. The number of aryl methyl sites for hydroxylation is 1. The van der Waals surface area contributed by atoms with Crippen molar-refractivity contribution < 1.29 is 4.79 Å². The van der Waals surface area contributed by atoms with Gasteiger partial charge in [0.2, 0.25) is 5.91 Å². The molecule has 6 nitrogen and oxygen atoms in total. The fourth-order valence-electron chi connectivity index (χ4n) is 5.00. The molecule has 0 spiro atoms. The van der Waals surface area contributed by atoms with Crippen molar-refractivity contribution in [2.75, 3.05) is 13.1 Å². The van der Waals surface area contributed by atoms with Gasteiger partial charge in [-0.05, 0) is 47.9 Å². The van der Waals surface area contributed by atoms with Gasteiger partial charge in [-0.2, -0.15) is 0 Å². The van der Waals surface area contributed by atoms with Gasteiger partial charge < -0.3 is 10.3 Å². The minimum Gasteiger partial charge on any atom is -0.352 e. The Labute approximate surface area is 195 Å². The van der Waals surface area contributed by atoms with Crippen LogP contribution >= 0.6 is 0 Å². The lowest BCUT2D eigenvalue weighted by molar-refractivity contribution is -0.121. The lowest BCUT2D eigenvalue weighted by atomic mass is 9.91.